The van der Waals surface area contributed by atoms with Crippen LogP contribution in [0.2, 0.25) is 0 Å². The lowest BCUT2D eigenvalue weighted by molar-refractivity contribution is -0.128. The molecular weight excluding hydrogens is 192 g/mol. The molecule has 1 heterocycles. The van der Waals surface area contributed by atoms with E-state index in [0.29, 0.717) is 6.54 Å². The van der Waals surface area contributed by atoms with E-state index in [1.807, 2.05) is 30.3 Å². The summed E-state index contributed by atoms with van der Waals surface area (Å²) in [6.45, 7) is 1.99. The molecule has 2 rings (SSSR count). The zero-order valence-corrected chi connectivity index (χ0v) is 8.55. The number of para-hydroxylation sites is 1. The summed E-state index contributed by atoms with van der Waals surface area (Å²) >= 11 is 0. The summed E-state index contributed by atoms with van der Waals surface area (Å²) in [5, 5.41) is 10.8. The topological polar surface area (TPSA) is 54.6 Å². The number of rotatable bonds is 2. The molecule has 1 aromatic carbocycles. The Bertz CT molecular complexity index is 366. The van der Waals surface area contributed by atoms with Crippen molar-refractivity contribution >= 4 is 11.6 Å². The van der Waals surface area contributed by atoms with E-state index in [4.69, 9.17) is 5.11 Å². The van der Waals surface area contributed by atoms with E-state index >= 15 is 0 Å². The highest BCUT2D eigenvalue weighted by Gasteiger charge is 2.43. The molecule has 1 amide bonds. The summed E-state index contributed by atoms with van der Waals surface area (Å²) in [4.78, 5) is 11.5. The van der Waals surface area contributed by atoms with Crippen LogP contribution in [0.3, 0.4) is 0 Å². The summed E-state index contributed by atoms with van der Waals surface area (Å²) in [5.74, 6) is -0.256. The Morgan fingerprint density at radius 2 is 2.13 bits per heavy atom. The van der Waals surface area contributed by atoms with Gasteiger partial charge in [0.05, 0.1) is 24.3 Å². The first-order chi connectivity index (χ1) is 7.15. The number of benzene rings is 1. The van der Waals surface area contributed by atoms with Crippen LogP contribution in [0.4, 0.5) is 5.69 Å². The molecule has 79 valence electrons. The number of carbonyl (C=O) groups excluding carboxylic acids is 1. The van der Waals surface area contributed by atoms with Gasteiger partial charge in [0.25, 0.3) is 5.91 Å². The highest BCUT2D eigenvalue weighted by atomic mass is 16.3. The van der Waals surface area contributed by atoms with Crippen molar-refractivity contribution in [2.75, 3.05) is 18.2 Å². The van der Waals surface area contributed by atoms with Gasteiger partial charge in [-0.25, -0.2) is 0 Å². The molecule has 1 fully saturated rings. The van der Waals surface area contributed by atoms with Gasteiger partial charge in [-0.2, -0.15) is 0 Å². The Morgan fingerprint density at radius 1 is 1.47 bits per heavy atom. The molecule has 1 atom stereocenters. The van der Waals surface area contributed by atoms with E-state index < -0.39 is 5.41 Å². The van der Waals surface area contributed by atoms with Crippen molar-refractivity contribution in [2.24, 2.45) is 5.41 Å². The van der Waals surface area contributed by atoms with Crippen LogP contribution >= 0.6 is 0 Å². The predicted molar refractivity (Wildman–Crippen MR) is 56.1 cm³/mol. The molecule has 0 aliphatic carbocycles. The Morgan fingerprint density at radius 3 is 2.67 bits per heavy atom. The molecule has 1 N–H and O–H groups in total. The average Bonchev–Trinajstić information content (AvgIpc) is 2.58. The maximum absolute atomic E-state index is 11.5. The molecule has 0 spiro atoms. The number of hydrogen-bond donors (Lipinski definition) is 1. The van der Waals surface area contributed by atoms with Gasteiger partial charge in [0.1, 0.15) is 0 Å². The molecule has 0 saturated carbocycles. The van der Waals surface area contributed by atoms with E-state index in [1.54, 1.807) is 11.9 Å². The first kappa shape index (κ1) is 9.98. The van der Waals surface area contributed by atoms with E-state index in [1.165, 1.54) is 0 Å². The Kier molecular flexibility index (Phi) is 2.36. The maximum atomic E-state index is 11.5. The van der Waals surface area contributed by atoms with Crippen molar-refractivity contribution < 1.29 is 9.90 Å². The van der Waals surface area contributed by atoms with Crippen LogP contribution < -0.4 is 10.4 Å². The number of nitrogens with zero attached hydrogens (tertiary/aromatic N) is 2. The van der Waals surface area contributed by atoms with E-state index in [-0.39, 0.29) is 12.5 Å². The number of hydrogen-bond acceptors (Lipinski definition) is 3. The smallest absolute Gasteiger partial charge is 0.272 e. The summed E-state index contributed by atoms with van der Waals surface area (Å²) in [6.07, 6.45) is 0. The molecule has 1 aliphatic rings. The normalized spacial score (nSPS) is 25.5. The van der Waals surface area contributed by atoms with Gasteiger partial charge in [-0.1, -0.05) is 18.2 Å². The van der Waals surface area contributed by atoms with Crippen LogP contribution in [0, 0.1) is 5.41 Å². The van der Waals surface area contributed by atoms with Crippen molar-refractivity contribution in [3.8, 4) is 0 Å². The quantitative estimate of drug-likeness (QED) is 0.767. The van der Waals surface area contributed by atoms with Gasteiger partial charge in [0.15, 0.2) is 0 Å². The second kappa shape index (κ2) is 3.55. The first-order valence-electron chi connectivity index (χ1n) is 4.85. The molecule has 1 radical (unpaired) electrons. The first-order valence-corrected chi connectivity index (χ1v) is 4.85. The van der Waals surface area contributed by atoms with Crippen LogP contribution in [0.5, 0.6) is 0 Å². The predicted octanol–water partition coefficient (Wildman–Crippen LogP) is 0.551. The van der Waals surface area contributed by atoms with Crippen molar-refractivity contribution in [3.63, 3.8) is 0 Å². The second-order valence-corrected chi connectivity index (χ2v) is 4.02. The largest absolute Gasteiger partial charge is 0.395 e. The van der Waals surface area contributed by atoms with Gasteiger partial charge in [-0.3, -0.25) is 9.80 Å². The number of aliphatic hydroxyl groups excluding tert-OH is 1. The standard InChI is InChI=1S/C11H13N2O2/c1-11(8-14)7-13(12-10(11)15)9-5-3-2-4-6-9/h2-6,14H,7-8H2,1H3. The molecule has 1 unspecified atom stereocenters. The number of aliphatic hydroxyl groups is 1. The highest BCUT2D eigenvalue weighted by molar-refractivity contribution is 5.87. The van der Waals surface area contributed by atoms with Crippen molar-refractivity contribution in [1.82, 2.24) is 5.43 Å². The lowest BCUT2D eigenvalue weighted by Crippen LogP contribution is -2.31. The molecule has 0 bridgehead atoms. The second-order valence-electron chi connectivity index (χ2n) is 4.02. The summed E-state index contributed by atoms with van der Waals surface area (Å²) in [7, 11) is 0. The fourth-order valence-electron chi connectivity index (χ4n) is 1.53. The minimum absolute atomic E-state index is 0.168. The average molecular weight is 205 g/mol. The summed E-state index contributed by atoms with van der Waals surface area (Å²) < 4.78 is 0. The van der Waals surface area contributed by atoms with Crippen molar-refractivity contribution in [1.29, 1.82) is 0 Å². The summed E-state index contributed by atoms with van der Waals surface area (Å²) in [5.41, 5.74) is 4.04. The minimum atomic E-state index is -0.754. The monoisotopic (exact) mass is 205 g/mol. The van der Waals surface area contributed by atoms with Gasteiger partial charge < -0.3 is 5.11 Å². The molecule has 4 heteroatoms. The van der Waals surface area contributed by atoms with Gasteiger partial charge in [0.2, 0.25) is 0 Å². The summed E-state index contributed by atoms with van der Waals surface area (Å²) in [6, 6.07) is 9.47. The maximum Gasteiger partial charge on any atom is 0.272 e. The number of carbonyl (C=O) groups is 1. The van der Waals surface area contributed by atoms with Crippen LogP contribution in [-0.2, 0) is 4.79 Å². The SMILES string of the molecule is CC1(CO)CN(c2ccccc2)[N]C1=O. The highest BCUT2D eigenvalue weighted by Crippen LogP contribution is 2.27. The van der Waals surface area contributed by atoms with Gasteiger partial charge >= 0.3 is 0 Å². The van der Waals surface area contributed by atoms with E-state index in [0.717, 1.165) is 5.69 Å². The molecule has 1 saturated heterocycles. The Hall–Kier alpha value is -1.55. The van der Waals surface area contributed by atoms with E-state index in [2.05, 4.69) is 5.43 Å². The fourth-order valence-corrected chi connectivity index (χ4v) is 1.53. The van der Waals surface area contributed by atoms with Crippen LogP contribution in [-0.4, -0.2) is 24.2 Å². The van der Waals surface area contributed by atoms with E-state index in [9.17, 15) is 4.79 Å². The molecule has 1 aromatic rings. The van der Waals surface area contributed by atoms with Crippen LogP contribution in [0.25, 0.3) is 0 Å². The van der Waals surface area contributed by atoms with Gasteiger partial charge in [-0.05, 0) is 19.1 Å². The van der Waals surface area contributed by atoms with Crippen LogP contribution in [0.15, 0.2) is 30.3 Å². The molecule has 0 aromatic heterocycles. The molecule has 4 nitrogen and oxygen atoms in total. The number of anilines is 1. The lowest BCUT2D eigenvalue weighted by Gasteiger charge is -2.18. The zero-order chi connectivity index (χ0) is 10.9. The van der Waals surface area contributed by atoms with Gasteiger partial charge in [0, 0.05) is 0 Å². The molecular formula is C11H13N2O2. The van der Waals surface area contributed by atoms with Gasteiger partial charge in [-0.15, -0.1) is 5.43 Å². The fraction of sp³-hybridized carbons (Fsp3) is 0.364. The zero-order valence-electron chi connectivity index (χ0n) is 8.55. The third-order valence-electron chi connectivity index (χ3n) is 2.63. The lowest BCUT2D eigenvalue weighted by atomic mass is 9.92. The Labute approximate surface area is 88.5 Å². The third-order valence-corrected chi connectivity index (χ3v) is 2.63. The molecule has 15 heavy (non-hydrogen) atoms. The van der Waals surface area contributed by atoms with Crippen molar-refractivity contribution in [2.45, 2.75) is 6.92 Å². The number of amides is 1. The van der Waals surface area contributed by atoms with Crippen molar-refractivity contribution in [3.05, 3.63) is 30.3 Å². The Balaban J connectivity index is 2.20. The minimum Gasteiger partial charge on any atom is -0.395 e. The van der Waals surface area contributed by atoms with Crippen LogP contribution in [0.1, 0.15) is 6.92 Å². The third kappa shape index (κ3) is 1.68. The molecule has 1 aliphatic heterocycles.